The number of carbonyl (C=O) groups is 1. The van der Waals surface area contributed by atoms with Crippen molar-refractivity contribution >= 4 is 28.9 Å². The maximum atomic E-state index is 13.8. The fourth-order valence-corrected chi connectivity index (χ4v) is 3.33. The molecule has 1 aromatic heterocycles. The molecule has 0 atom stereocenters. The third-order valence-electron chi connectivity index (χ3n) is 3.53. The fraction of sp³-hybridized carbons (Fsp3) is 0.111. The highest BCUT2D eigenvalue weighted by molar-refractivity contribution is 7.13. The number of carbonyl (C=O) groups excluding carboxylic acids is 1. The van der Waals surface area contributed by atoms with Crippen molar-refractivity contribution in [2.24, 2.45) is 0 Å². The van der Waals surface area contributed by atoms with Crippen molar-refractivity contribution in [2.45, 2.75) is 13.0 Å². The Morgan fingerprint density at radius 1 is 1.19 bits per heavy atom. The molecule has 0 aliphatic carbocycles. The molecule has 9 heteroatoms. The molecule has 0 radical (unpaired) electrons. The molecule has 1 heterocycles. The maximum Gasteiger partial charge on any atom is 0.135 e. The number of rotatable bonds is 6. The molecule has 0 amide bonds. The predicted molar refractivity (Wildman–Crippen MR) is 91.9 cm³/mol. The average molecular weight is 413 g/mol. The molecule has 2 aromatic carbocycles. The van der Waals surface area contributed by atoms with Gasteiger partial charge in [-0.2, -0.15) is 0 Å². The van der Waals surface area contributed by atoms with Crippen molar-refractivity contribution in [3.05, 3.63) is 69.4 Å². The van der Waals surface area contributed by atoms with E-state index in [4.69, 9.17) is 16.3 Å². The van der Waals surface area contributed by atoms with E-state index in [1.807, 2.05) is 0 Å². The molecule has 0 aliphatic heterocycles. The normalized spacial score (nSPS) is 10.8. The van der Waals surface area contributed by atoms with Crippen LogP contribution in [0.2, 0.25) is 5.02 Å². The quantitative estimate of drug-likeness (QED) is 0.618. The minimum atomic E-state index is -1.27. The van der Waals surface area contributed by atoms with Crippen LogP contribution >= 0.6 is 22.9 Å². The molecule has 0 N–H and O–H groups in total. The molecule has 0 bridgehead atoms. The van der Waals surface area contributed by atoms with Crippen LogP contribution < -0.4 is 9.84 Å². The summed E-state index contributed by atoms with van der Waals surface area (Å²) in [6, 6.07) is 5.69. The van der Waals surface area contributed by atoms with Gasteiger partial charge in [0.25, 0.3) is 0 Å². The van der Waals surface area contributed by atoms with Crippen molar-refractivity contribution in [2.75, 3.05) is 0 Å². The highest BCUT2D eigenvalue weighted by atomic mass is 35.5. The Bertz CT molecular complexity index is 986. The van der Waals surface area contributed by atoms with E-state index in [0.717, 1.165) is 11.3 Å². The Morgan fingerprint density at radius 2 is 1.89 bits per heavy atom. The van der Waals surface area contributed by atoms with Gasteiger partial charge in [0.2, 0.25) is 0 Å². The summed E-state index contributed by atoms with van der Waals surface area (Å²) >= 11 is 7.16. The Balaban J connectivity index is 1.89. The topological polar surface area (TPSA) is 62.2 Å². The lowest BCUT2D eigenvalue weighted by molar-refractivity contribution is -0.304. The van der Waals surface area contributed by atoms with Gasteiger partial charge in [-0.1, -0.05) is 11.6 Å². The van der Waals surface area contributed by atoms with Gasteiger partial charge in [0.1, 0.15) is 34.8 Å². The van der Waals surface area contributed by atoms with Crippen LogP contribution in [-0.4, -0.2) is 11.0 Å². The van der Waals surface area contributed by atoms with E-state index in [1.54, 1.807) is 5.38 Å². The van der Waals surface area contributed by atoms with Gasteiger partial charge >= 0.3 is 0 Å². The lowest BCUT2D eigenvalue weighted by Crippen LogP contribution is -2.24. The zero-order chi connectivity index (χ0) is 19.6. The second-order valence-corrected chi connectivity index (χ2v) is 6.76. The summed E-state index contributed by atoms with van der Waals surface area (Å²) in [5.74, 6) is -4.18. The molecule has 140 valence electrons. The number of hydrogen-bond acceptors (Lipinski definition) is 5. The van der Waals surface area contributed by atoms with Crippen molar-refractivity contribution in [1.29, 1.82) is 0 Å². The first kappa shape index (κ1) is 19.2. The minimum absolute atomic E-state index is 0.233. The van der Waals surface area contributed by atoms with E-state index in [-0.39, 0.29) is 12.2 Å². The Morgan fingerprint density at radius 3 is 2.56 bits per heavy atom. The number of benzene rings is 2. The first-order chi connectivity index (χ1) is 12.8. The van der Waals surface area contributed by atoms with Crippen LogP contribution in [0.4, 0.5) is 13.2 Å². The third kappa shape index (κ3) is 4.58. The number of hydrogen-bond donors (Lipinski definition) is 0. The molecule has 0 saturated heterocycles. The van der Waals surface area contributed by atoms with E-state index >= 15 is 0 Å². The summed E-state index contributed by atoms with van der Waals surface area (Å²) in [6.45, 7) is -0.482. The Hall–Kier alpha value is -2.58. The van der Waals surface area contributed by atoms with E-state index in [0.29, 0.717) is 33.4 Å². The zero-order valence-electron chi connectivity index (χ0n) is 13.5. The van der Waals surface area contributed by atoms with Crippen LogP contribution in [0, 0.1) is 17.5 Å². The van der Waals surface area contributed by atoms with Crippen LogP contribution in [0.15, 0.2) is 35.7 Å². The number of carboxylic acid groups (broad SMARTS) is 1. The van der Waals surface area contributed by atoms with Gasteiger partial charge in [0, 0.05) is 34.9 Å². The van der Waals surface area contributed by atoms with Gasteiger partial charge in [-0.15, -0.1) is 11.3 Å². The van der Waals surface area contributed by atoms with Gasteiger partial charge in [-0.25, -0.2) is 18.2 Å². The predicted octanol–water partition coefficient (Wildman–Crippen LogP) is 3.75. The molecule has 3 aromatic rings. The Labute approximate surface area is 160 Å². The molecule has 0 unspecified atom stereocenters. The van der Waals surface area contributed by atoms with Crippen LogP contribution in [0.3, 0.4) is 0 Å². The highest BCUT2D eigenvalue weighted by Crippen LogP contribution is 2.35. The lowest BCUT2D eigenvalue weighted by atomic mass is 10.2. The standard InChI is InChI=1S/C18H11ClF3NO3S/c19-9-1-2-16(26-7-13-14(21)4-10(20)5-15(13)22)12(3-9)18-23-11(8-27-18)6-17(24)25/h1-5,8H,6-7H2,(H,24,25)/p-1. The number of carboxylic acids is 1. The molecule has 0 fully saturated rings. The second kappa shape index (κ2) is 7.98. The van der Waals surface area contributed by atoms with Crippen LogP contribution in [0.1, 0.15) is 11.3 Å². The van der Waals surface area contributed by atoms with Crippen LogP contribution in [0.25, 0.3) is 10.6 Å². The van der Waals surface area contributed by atoms with E-state index in [9.17, 15) is 23.1 Å². The first-order valence-corrected chi connectivity index (χ1v) is 8.79. The molecule has 0 aliphatic rings. The van der Waals surface area contributed by atoms with E-state index < -0.39 is 35.6 Å². The van der Waals surface area contributed by atoms with Gasteiger partial charge < -0.3 is 14.6 Å². The van der Waals surface area contributed by atoms with Gasteiger partial charge in [-0.05, 0) is 18.2 Å². The Kier molecular flexibility index (Phi) is 5.67. The fourth-order valence-electron chi connectivity index (χ4n) is 2.31. The molecule has 27 heavy (non-hydrogen) atoms. The molecule has 4 nitrogen and oxygen atoms in total. The average Bonchev–Trinajstić information content (AvgIpc) is 3.02. The largest absolute Gasteiger partial charge is 0.550 e. The minimum Gasteiger partial charge on any atom is -0.550 e. The zero-order valence-corrected chi connectivity index (χ0v) is 15.0. The summed E-state index contributed by atoms with van der Waals surface area (Å²) in [6.07, 6.45) is -0.348. The van der Waals surface area contributed by atoms with Gasteiger partial charge in [-0.3, -0.25) is 0 Å². The van der Waals surface area contributed by atoms with E-state index in [1.165, 1.54) is 18.2 Å². The van der Waals surface area contributed by atoms with Gasteiger partial charge in [0.15, 0.2) is 0 Å². The third-order valence-corrected chi connectivity index (χ3v) is 4.69. The van der Waals surface area contributed by atoms with Crippen LogP contribution in [-0.2, 0) is 17.8 Å². The summed E-state index contributed by atoms with van der Waals surface area (Å²) in [5, 5.41) is 13.0. The number of thiazole rings is 1. The van der Waals surface area contributed by atoms with Crippen molar-refractivity contribution in [1.82, 2.24) is 4.98 Å². The smallest absolute Gasteiger partial charge is 0.135 e. The molecular formula is C18H10ClF3NO3S-. The second-order valence-electron chi connectivity index (χ2n) is 5.47. The lowest BCUT2D eigenvalue weighted by Gasteiger charge is -2.12. The van der Waals surface area contributed by atoms with Crippen molar-refractivity contribution in [3.63, 3.8) is 0 Å². The summed E-state index contributed by atoms with van der Waals surface area (Å²) in [7, 11) is 0. The SMILES string of the molecule is O=C([O-])Cc1csc(-c2cc(Cl)ccc2OCc2c(F)cc(F)cc2F)n1. The number of nitrogens with zero attached hydrogens (tertiary/aromatic N) is 1. The first-order valence-electron chi connectivity index (χ1n) is 7.54. The molecule has 0 spiro atoms. The van der Waals surface area contributed by atoms with Crippen molar-refractivity contribution in [3.8, 4) is 16.3 Å². The number of ether oxygens (including phenoxy) is 1. The monoisotopic (exact) mass is 412 g/mol. The molecular weight excluding hydrogens is 403 g/mol. The highest BCUT2D eigenvalue weighted by Gasteiger charge is 2.16. The summed E-state index contributed by atoms with van der Waals surface area (Å²) in [5.41, 5.74) is 0.311. The molecule has 0 saturated carbocycles. The maximum absolute atomic E-state index is 13.8. The summed E-state index contributed by atoms with van der Waals surface area (Å²) in [4.78, 5) is 14.9. The van der Waals surface area contributed by atoms with Crippen molar-refractivity contribution < 1.29 is 27.8 Å². The van der Waals surface area contributed by atoms with Crippen LogP contribution in [0.5, 0.6) is 5.75 Å². The van der Waals surface area contributed by atoms with Gasteiger partial charge in [0.05, 0.1) is 16.8 Å². The number of aliphatic carboxylic acids is 1. The number of halogens is 4. The van der Waals surface area contributed by atoms with E-state index in [2.05, 4.69) is 4.98 Å². The molecule has 3 rings (SSSR count). The number of aromatic nitrogens is 1. The summed E-state index contributed by atoms with van der Waals surface area (Å²) < 4.78 is 46.1.